The number of carbonyl (C=O) groups excluding carboxylic acids is 1. The Labute approximate surface area is 144 Å². The van der Waals surface area contributed by atoms with Crippen LogP contribution >= 0.6 is 0 Å². The van der Waals surface area contributed by atoms with E-state index in [1.165, 1.54) is 11.1 Å². The van der Waals surface area contributed by atoms with E-state index in [0.29, 0.717) is 12.8 Å². The Balaban J connectivity index is 1.45. The molecule has 5 nitrogen and oxygen atoms in total. The molecule has 1 amide bonds. The van der Waals surface area contributed by atoms with Crippen LogP contribution in [0.3, 0.4) is 0 Å². The zero-order valence-electron chi connectivity index (χ0n) is 14.3. The second-order valence-electron chi connectivity index (χ2n) is 7.12. The average Bonchev–Trinajstić information content (AvgIpc) is 2.87. The molecular weight excluding hydrogens is 324 g/mol. The van der Waals surface area contributed by atoms with Gasteiger partial charge < -0.3 is 4.90 Å². The molecule has 1 aromatic rings. The van der Waals surface area contributed by atoms with Crippen LogP contribution in [0.1, 0.15) is 24.0 Å². The largest absolute Gasteiger partial charge is 0.340 e. The van der Waals surface area contributed by atoms with Crippen LogP contribution < -0.4 is 0 Å². The quantitative estimate of drug-likeness (QED) is 0.825. The first-order valence-electron chi connectivity index (χ1n) is 8.67. The summed E-state index contributed by atoms with van der Waals surface area (Å²) in [6, 6.07) is 8.53. The van der Waals surface area contributed by atoms with E-state index in [-0.39, 0.29) is 23.3 Å². The van der Waals surface area contributed by atoms with Gasteiger partial charge in [0.25, 0.3) is 0 Å². The van der Waals surface area contributed by atoms with Crippen molar-refractivity contribution in [2.75, 3.05) is 37.7 Å². The normalized spacial score (nSPS) is 24.2. The van der Waals surface area contributed by atoms with Crippen molar-refractivity contribution in [3.8, 4) is 0 Å². The van der Waals surface area contributed by atoms with Gasteiger partial charge in [0, 0.05) is 39.1 Å². The van der Waals surface area contributed by atoms with Crippen molar-refractivity contribution in [2.45, 2.75) is 26.3 Å². The highest BCUT2D eigenvalue weighted by Crippen LogP contribution is 2.22. The second kappa shape index (κ2) is 7.23. The summed E-state index contributed by atoms with van der Waals surface area (Å²) in [5.41, 5.74) is 2.58. The number of carbonyl (C=O) groups is 1. The van der Waals surface area contributed by atoms with Crippen LogP contribution in [0.5, 0.6) is 0 Å². The minimum Gasteiger partial charge on any atom is -0.340 e. The highest BCUT2D eigenvalue weighted by molar-refractivity contribution is 7.91. The van der Waals surface area contributed by atoms with Crippen molar-refractivity contribution in [1.29, 1.82) is 0 Å². The molecule has 0 aromatic heterocycles. The van der Waals surface area contributed by atoms with Crippen LogP contribution in [-0.2, 0) is 21.2 Å². The van der Waals surface area contributed by atoms with Crippen molar-refractivity contribution in [3.05, 3.63) is 35.4 Å². The van der Waals surface area contributed by atoms with Crippen LogP contribution in [0.25, 0.3) is 0 Å². The molecule has 2 aliphatic rings. The first kappa shape index (κ1) is 17.4. The summed E-state index contributed by atoms with van der Waals surface area (Å²) in [5, 5.41) is 0. The molecule has 0 bridgehead atoms. The van der Waals surface area contributed by atoms with Gasteiger partial charge in [-0.1, -0.05) is 29.8 Å². The van der Waals surface area contributed by atoms with Crippen molar-refractivity contribution < 1.29 is 13.2 Å². The van der Waals surface area contributed by atoms with Gasteiger partial charge >= 0.3 is 0 Å². The highest BCUT2D eigenvalue weighted by Gasteiger charge is 2.31. The molecule has 0 saturated carbocycles. The minimum atomic E-state index is -2.90. The number of sulfone groups is 1. The molecule has 2 fully saturated rings. The zero-order chi connectivity index (χ0) is 17.2. The monoisotopic (exact) mass is 350 g/mol. The summed E-state index contributed by atoms with van der Waals surface area (Å²) in [6.45, 7) is 6.26. The number of piperazine rings is 1. The molecule has 1 atom stereocenters. The van der Waals surface area contributed by atoms with Gasteiger partial charge in [-0.25, -0.2) is 8.42 Å². The molecule has 2 aliphatic heterocycles. The Hall–Kier alpha value is -1.40. The molecule has 2 heterocycles. The smallest absolute Gasteiger partial charge is 0.222 e. The number of nitrogens with zero attached hydrogens (tertiary/aromatic N) is 2. The number of hydrogen-bond donors (Lipinski definition) is 0. The maximum absolute atomic E-state index is 12.4. The van der Waals surface area contributed by atoms with Crippen molar-refractivity contribution in [1.82, 2.24) is 9.80 Å². The maximum atomic E-state index is 12.4. The van der Waals surface area contributed by atoms with Crippen LogP contribution in [0.2, 0.25) is 0 Å². The number of amides is 1. The summed E-state index contributed by atoms with van der Waals surface area (Å²) in [6.07, 6.45) is 1.03. The molecule has 6 heteroatoms. The molecule has 3 rings (SSSR count). The van der Waals surface area contributed by atoms with E-state index >= 15 is 0 Å². The Bertz CT molecular complexity index is 694. The first-order valence-corrected chi connectivity index (χ1v) is 10.5. The predicted molar refractivity (Wildman–Crippen MR) is 94.4 cm³/mol. The molecule has 0 aliphatic carbocycles. The second-order valence-corrected chi connectivity index (χ2v) is 9.35. The SMILES string of the molecule is Cc1cccc(CN2CCN(C(=O)CC3CCS(=O)(=O)C3)CC2)c1. The topological polar surface area (TPSA) is 57.7 Å². The van der Waals surface area contributed by atoms with Gasteiger partial charge in [0.05, 0.1) is 11.5 Å². The van der Waals surface area contributed by atoms with E-state index in [1.54, 1.807) is 0 Å². The van der Waals surface area contributed by atoms with Gasteiger partial charge in [-0.15, -0.1) is 0 Å². The molecule has 132 valence electrons. The van der Waals surface area contributed by atoms with E-state index in [0.717, 1.165) is 32.7 Å². The molecule has 0 radical (unpaired) electrons. The average molecular weight is 350 g/mol. The molecule has 1 aromatic carbocycles. The summed E-state index contributed by atoms with van der Waals surface area (Å²) < 4.78 is 23.0. The third-order valence-corrected chi connectivity index (χ3v) is 6.84. The van der Waals surface area contributed by atoms with Crippen molar-refractivity contribution in [2.24, 2.45) is 5.92 Å². The Morgan fingerprint density at radius 3 is 2.58 bits per heavy atom. The van der Waals surface area contributed by atoms with Crippen molar-refractivity contribution in [3.63, 3.8) is 0 Å². The van der Waals surface area contributed by atoms with E-state index in [2.05, 4.69) is 36.1 Å². The van der Waals surface area contributed by atoms with Crippen LogP contribution in [0.4, 0.5) is 0 Å². The molecule has 24 heavy (non-hydrogen) atoms. The molecule has 1 unspecified atom stereocenters. The van der Waals surface area contributed by atoms with E-state index in [4.69, 9.17) is 0 Å². The lowest BCUT2D eigenvalue weighted by Crippen LogP contribution is -2.48. The lowest BCUT2D eigenvalue weighted by Gasteiger charge is -2.35. The highest BCUT2D eigenvalue weighted by atomic mass is 32.2. The Morgan fingerprint density at radius 1 is 1.21 bits per heavy atom. The standard InChI is InChI=1S/C18H26N2O3S/c1-15-3-2-4-16(11-15)13-19-6-8-20(9-7-19)18(21)12-17-5-10-24(22,23)14-17/h2-4,11,17H,5-10,12-14H2,1H3. The van der Waals surface area contributed by atoms with Gasteiger partial charge in [0.2, 0.25) is 5.91 Å². The fraction of sp³-hybridized carbons (Fsp3) is 0.611. The minimum absolute atomic E-state index is 0.0211. The zero-order valence-corrected chi connectivity index (χ0v) is 15.1. The molecule has 0 spiro atoms. The fourth-order valence-electron chi connectivity index (χ4n) is 3.63. The lowest BCUT2D eigenvalue weighted by atomic mass is 10.0. The first-order chi connectivity index (χ1) is 11.4. The number of hydrogen-bond acceptors (Lipinski definition) is 4. The molecule has 2 saturated heterocycles. The Morgan fingerprint density at radius 2 is 1.96 bits per heavy atom. The lowest BCUT2D eigenvalue weighted by molar-refractivity contribution is -0.133. The maximum Gasteiger partial charge on any atom is 0.222 e. The van der Waals surface area contributed by atoms with Crippen molar-refractivity contribution >= 4 is 15.7 Å². The van der Waals surface area contributed by atoms with Crippen LogP contribution in [-0.4, -0.2) is 61.8 Å². The molecular formula is C18H26N2O3S. The third kappa shape index (κ3) is 4.57. The van der Waals surface area contributed by atoms with E-state index in [1.807, 2.05) is 4.90 Å². The summed E-state index contributed by atoms with van der Waals surface area (Å²) in [4.78, 5) is 16.7. The van der Waals surface area contributed by atoms with Gasteiger partial charge in [-0.2, -0.15) is 0 Å². The number of rotatable bonds is 4. The number of benzene rings is 1. The van der Waals surface area contributed by atoms with E-state index < -0.39 is 9.84 Å². The number of aryl methyl sites for hydroxylation is 1. The van der Waals surface area contributed by atoms with E-state index in [9.17, 15) is 13.2 Å². The predicted octanol–water partition coefficient (Wildman–Crippen LogP) is 1.46. The van der Waals surface area contributed by atoms with Gasteiger partial charge in [-0.05, 0) is 24.8 Å². The summed E-state index contributed by atoms with van der Waals surface area (Å²) in [5.74, 6) is 0.571. The van der Waals surface area contributed by atoms with Gasteiger partial charge in [0.15, 0.2) is 9.84 Å². The fourth-order valence-corrected chi connectivity index (χ4v) is 5.49. The summed E-state index contributed by atoms with van der Waals surface area (Å²) in [7, 11) is -2.90. The molecule has 0 N–H and O–H groups in total. The van der Waals surface area contributed by atoms with Crippen LogP contribution in [0.15, 0.2) is 24.3 Å². The van der Waals surface area contributed by atoms with Crippen LogP contribution in [0, 0.1) is 12.8 Å². The van der Waals surface area contributed by atoms with Gasteiger partial charge in [-0.3, -0.25) is 9.69 Å². The Kier molecular flexibility index (Phi) is 5.25. The summed E-state index contributed by atoms with van der Waals surface area (Å²) >= 11 is 0. The third-order valence-electron chi connectivity index (χ3n) is 5.00. The van der Waals surface area contributed by atoms with Gasteiger partial charge in [0.1, 0.15) is 0 Å².